The summed E-state index contributed by atoms with van der Waals surface area (Å²) in [5.74, 6) is 0.377. The van der Waals surface area contributed by atoms with Gasteiger partial charge in [-0.25, -0.2) is 4.79 Å². The summed E-state index contributed by atoms with van der Waals surface area (Å²) in [4.78, 5) is 24.7. The Morgan fingerprint density at radius 3 is 2.14 bits per heavy atom. The Kier molecular flexibility index (Phi) is 7.73. The number of carbonyl (C=O) groups is 2. The third kappa shape index (κ3) is 6.00. The molecule has 3 N–H and O–H groups in total. The van der Waals surface area contributed by atoms with E-state index < -0.39 is 0 Å². The lowest BCUT2D eigenvalue weighted by Gasteiger charge is -2.20. The molecule has 2 rings (SSSR count). The minimum atomic E-state index is -0.330. The Labute approximate surface area is 177 Å². The number of anilines is 1. The van der Waals surface area contributed by atoms with E-state index in [1.54, 1.807) is 13.1 Å². The van der Waals surface area contributed by atoms with E-state index in [-0.39, 0.29) is 29.8 Å². The van der Waals surface area contributed by atoms with Crippen molar-refractivity contribution < 1.29 is 9.59 Å². The number of nitrogens with one attached hydrogen (secondary N) is 3. The summed E-state index contributed by atoms with van der Waals surface area (Å²) in [6, 6.07) is 7.47. The number of para-hydroxylation sites is 1. The summed E-state index contributed by atoms with van der Waals surface area (Å²) < 4.78 is 4.26. The summed E-state index contributed by atoms with van der Waals surface area (Å²) in [5, 5.41) is 10.7. The standard InChI is InChI=1S/C21H31N5O2S/c1-12(2)15-9-8-10-16(13(3)4)19(15)23-21(28)25-29-18-11-17(26(7)24-18)20(27)22-14(5)6/h8-14H,1-7H3,(H,22,27)(H2,23,25,28). The van der Waals surface area contributed by atoms with Crippen molar-refractivity contribution in [1.29, 1.82) is 0 Å². The molecule has 0 spiro atoms. The Morgan fingerprint density at radius 2 is 1.62 bits per heavy atom. The molecule has 2 aromatic rings. The highest BCUT2D eigenvalue weighted by molar-refractivity contribution is 7.97. The maximum absolute atomic E-state index is 12.5. The van der Waals surface area contributed by atoms with E-state index in [9.17, 15) is 9.59 Å². The second-order valence-electron chi connectivity index (χ2n) is 7.90. The molecule has 0 aliphatic heterocycles. The van der Waals surface area contributed by atoms with Crippen LogP contribution in [-0.2, 0) is 7.05 Å². The Balaban J connectivity index is 2.09. The smallest absolute Gasteiger partial charge is 0.329 e. The van der Waals surface area contributed by atoms with Gasteiger partial charge in [-0.15, -0.1) is 0 Å². The molecule has 0 bridgehead atoms. The predicted molar refractivity (Wildman–Crippen MR) is 118 cm³/mol. The largest absolute Gasteiger partial charge is 0.349 e. The minimum absolute atomic E-state index is 0.0357. The van der Waals surface area contributed by atoms with Crippen molar-refractivity contribution in [2.45, 2.75) is 64.4 Å². The zero-order valence-electron chi connectivity index (χ0n) is 18.2. The fourth-order valence-corrected chi connectivity index (χ4v) is 3.55. The number of benzene rings is 1. The molecule has 1 aromatic heterocycles. The van der Waals surface area contributed by atoms with Crippen LogP contribution >= 0.6 is 11.9 Å². The number of hydrogen-bond donors (Lipinski definition) is 3. The maximum Gasteiger partial charge on any atom is 0.329 e. The zero-order chi connectivity index (χ0) is 21.7. The molecule has 158 valence electrons. The van der Waals surface area contributed by atoms with Crippen LogP contribution in [0, 0.1) is 0 Å². The number of amides is 3. The molecule has 1 heterocycles. The van der Waals surface area contributed by atoms with Gasteiger partial charge in [-0.3, -0.25) is 14.2 Å². The molecule has 0 aliphatic carbocycles. The van der Waals surface area contributed by atoms with Crippen LogP contribution in [0.5, 0.6) is 0 Å². The van der Waals surface area contributed by atoms with Gasteiger partial charge in [-0.2, -0.15) is 5.10 Å². The van der Waals surface area contributed by atoms with Gasteiger partial charge in [-0.1, -0.05) is 45.9 Å². The molecule has 29 heavy (non-hydrogen) atoms. The minimum Gasteiger partial charge on any atom is -0.349 e. The van der Waals surface area contributed by atoms with Crippen LogP contribution in [0.1, 0.15) is 75.0 Å². The molecule has 8 heteroatoms. The van der Waals surface area contributed by atoms with Gasteiger partial charge in [0.25, 0.3) is 5.91 Å². The highest BCUT2D eigenvalue weighted by Crippen LogP contribution is 2.32. The molecule has 0 saturated carbocycles. The number of carbonyl (C=O) groups excluding carboxylic acids is 2. The molecule has 0 unspecified atom stereocenters. The van der Waals surface area contributed by atoms with Gasteiger partial charge in [0.15, 0.2) is 0 Å². The van der Waals surface area contributed by atoms with Crippen LogP contribution in [0.2, 0.25) is 0 Å². The van der Waals surface area contributed by atoms with E-state index in [1.807, 2.05) is 32.0 Å². The molecule has 7 nitrogen and oxygen atoms in total. The lowest BCUT2D eigenvalue weighted by Crippen LogP contribution is -2.31. The van der Waals surface area contributed by atoms with Gasteiger partial charge in [0.1, 0.15) is 10.7 Å². The quantitative estimate of drug-likeness (QED) is 0.573. The molecular weight excluding hydrogens is 386 g/mol. The van der Waals surface area contributed by atoms with Crippen molar-refractivity contribution in [3.63, 3.8) is 0 Å². The van der Waals surface area contributed by atoms with Crippen molar-refractivity contribution in [1.82, 2.24) is 19.8 Å². The van der Waals surface area contributed by atoms with Gasteiger partial charge < -0.3 is 10.6 Å². The molecule has 1 aromatic carbocycles. The first kappa shape index (κ1) is 22.8. The topological polar surface area (TPSA) is 88.1 Å². The number of aromatic nitrogens is 2. The average Bonchev–Trinajstić information content (AvgIpc) is 3.00. The SMILES string of the molecule is CC(C)NC(=O)c1cc(SNC(=O)Nc2c(C(C)C)cccc2C(C)C)nn1C. The highest BCUT2D eigenvalue weighted by Gasteiger charge is 2.18. The third-order valence-electron chi connectivity index (χ3n) is 4.37. The molecular formula is C21H31N5O2S. The van der Waals surface area contributed by atoms with Crippen molar-refractivity contribution in [3.8, 4) is 0 Å². The van der Waals surface area contributed by atoms with E-state index in [4.69, 9.17) is 0 Å². The summed E-state index contributed by atoms with van der Waals surface area (Å²) in [6.07, 6.45) is 0. The first-order valence-corrected chi connectivity index (χ1v) is 10.6. The lowest BCUT2D eigenvalue weighted by atomic mass is 9.93. The zero-order valence-corrected chi connectivity index (χ0v) is 19.0. The van der Waals surface area contributed by atoms with Gasteiger partial charge in [-0.05, 0) is 36.8 Å². The van der Waals surface area contributed by atoms with Crippen LogP contribution in [0.4, 0.5) is 10.5 Å². The fraction of sp³-hybridized carbons (Fsp3) is 0.476. The summed E-state index contributed by atoms with van der Waals surface area (Å²) in [5.41, 5.74) is 3.49. The Morgan fingerprint density at radius 1 is 1.03 bits per heavy atom. The van der Waals surface area contributed by atoms with E-state index in [0.717, 1.165) is 28.8 Å². The monoisotopic (exact) mass is 417 g/mol. The third-order valence-corrected chi connectivity index (χ3v) is 5.07. The van der Waals surface area contributed by atoms with Crippen LogP contribution < -0.4 is 15.4 Å². The predicted octanol–water partition coefficient (Wildman–Crippen LogP) is 4.63. The van der Waals surface area contributed by atoms with Crippen molar-refractivity contribution >= 4 is 29.6 Å². The van der Waals surface area contributed by atoms with Gasteiger partial charge in [0.05, 0.1) is 0 Å². The first-order valence-electron chi connectivity index (χ1n) is 9.81. The lowest BCUT2D eigenvalue weighted by molar-refractivity contribution is 0.0933. The van der Waals surface area contributed by atoms with E-state index in [2.05, 4.69) is 48.1 Å². The van der Waals surface area contributed by atoms with Crippen LogP contribution in [0.3, 0.4) is 0 Å². The summed E-state index contributed by atoms with van der Waals surface area (Å²) >= 11 is 1.07. The number of hydrogen-bond acceptors (Lipinski definition) is 4. The summed E-state index contributed by atoms with van der Waals surface area (Å²) in [6.45, 7) is 12.2. The number of aryl methyl sites for hydroxylation is 1. The second-order valence-corrected chi connectivity index (χ2v) is 8.73. The van der Waals surface area contributed by atoms with Gasteiger partial charge >= 0.3 is 6.03 Å². The molecule has 0 radical (unpaired) electrons. The number of rotatable bonds is 7. The molecule has 0 aliphatic rings. The maximum atomic E-state index is 12.5. The van der Waals surface area contributed by atoms with E-state index in [1.165, 1.54) is 4.68 Å². The van der Waals surface area contributed by atoms with Crippen molar-refractivity contribution in [3.05, 3.63) is 41.1 Å². The number of urea groups is 1. The van der Waals surface area contributed by atoms with Crippen LogP contribution in [0.15, 0.2) is 29.3 Å². The van der Waals surface area contributed by atoms with Crippen LogP contribution in [-0.4, -0.2) is 27.8 Å². The van der Waals surface area contributed by atoms with E-state index in [0.29, 0.717) is 10.7 Å². The molecule has 0 atom stereocenters. The van der Waals surface area contributed by atoms with Crippen molar-refractivity contribution in [2.75, 3.05) is 5.32 Å². The van der Waals surface area contributed by atoms with Gasteiger partial charge in [0, 0.05) is 36.8 Å². The highest BCUT2D eigenvalue weighted by atomic mass is 32.2. The van der Waals surface area contributed by atoms with Crippen LogP contribution in [0.25, 0.3) is 0 Å². The van der Waals surface area contributed by atoms with E-state index >= 15 is 0 Å². The Bertz CT molecular complexity index is 848. The summed E-state index contributed by atoms with van der Waals surface area (Å²) in [7, 11) is 1.70. The number of nitrogens with zero attached hydrogens (tertiary/aromatic N) is 2. The average molecular weight is 418 g/mol. The second kappa shape index (κ2) is 9.82. The molecule has 0 saturated heterocycles. The fourth-order valence-electron chi connectivity index (χ4n) is 2.97. The Hall–Kier alpha value is -2.48. The van der Waals surface area contributed by atoms with Crippen molar-refractivity contribution in [2.24, 2.45) is 7.05 Å². The first-order chi connectivity index (χ1) is 13.6. The normalized spacial score (nSPS) is 11.2. The van der Waals surface area contributed by atoms with Gasteiger partial charge in [0.2, 0.25) is 0 Å². The molecule has 3 amide bonds. The molecule has 0 fully saturated rings.